The number of hydrogen-bond donors (Lipinski definition) is 3. The van der Waals surface area contributed by atoms with Crippen LogP contribution in [0.2, 0.25) is 0 Å². The smallest absolute Gasteiger partial charge is 0.255 e. The molecule has 0 radical (unpaired) electrons. The van der Waals surface area contributed by atoms with Crippen molar-refractivity contribution in [1.82, 2.24) is 0 Å². The van der Waals surface area contributed by atoms with Gasteiger partial charge >= 0.3 is 0 Å². The molecule has 0 saturated heterocycles. The van der Waals surface area contributed by atoms with Crippen LogP contribution < -0.4 is 16.4 Å². The second kappa shape index (κ2) is 8.15. The van der Waals surface area contributed by atoms with Gasteiger partial charge in [-0.15, -0.1) is 0 Å². The topological polar surface area (TPSA) is 84.2 Å². The fourth-order valence-corrected chi connectivity index (χ4v) is 4.68. The van der Waals surface area contributed by atoms with E-state index in [0.717, 1.165) is 37.1 Å². The number of hydrogen-bond acceptors (Lipinski definition) is 3. The number of amides is 2. The number of carbonyl (C=O) groups excluding carboxylic acids is 2. The van der Waals surface area contributed by atoms with Crippen LogP contribution in [0.3, 0.4) is 0 Å². The third-order valence-electron chi connectivity index (χ3n) is 6.23. The predicted octanol–water partition coefficient (Wildman–Crippen LogP) is 4.03. The number of nitrogens with one attached hydrogen (secondary N) is 2. The Bertz CT molecular complexity index is 821. The lowest BCUT2D eigenvalue weighted by Crippen LogP contribution is -2.48. The lowest BCUT2D eigenvalue weighted by molar-refractivity contribution is -0.122. The van der Waals surface area contributed by atoms with Crippen molar-refractivity contribution in [3.05, 3.63) is 60.2 Å². The van der Waals surface area contributed by atoms with Crippen molar-refractivity contribution < 1.29 is 9.59 Å². The summed E-state index contributed by atoms with van der Waals surface area (Å²) in [4.78, 5) is 25.1. The minimum atomic E-state index is -0.168. The third kappa shape index (κ3) is 4.09. The van der Waals surface area contributed by atoms with Gasteiger partial charge in [0.1, 0.15) is 0 Å². The molecule has 2 aromatic rings. The quantitative estimate of drug-likeness (QED) is 0.752. The molecule has 4 N–H and O–H groups in total. The fourth-order valence-electron chi connectivity index (χ4n) is 4.68. The maximum absolute atomic E-state index is 12.7. The fraction of sp³-hybridized carbons (Fsp3) is 0.391. The van der Waals surface area contributed by atoms with Gasteiger partial charge in [-0.05, 0) is 73.9 Å². The molecule has 2 amide bonds. The standard InChI is InChI=1S/C23H27N3O2/c24-21-16-5-4-6-17(21)14-18(13-16)23(28)26-20-11-9-15(10-12-20)22(27)25-19-7-2-1-3-8-19/h1-3,7-12,16-18,21H,4-6,13-14,24H2,(H,25,27)(H,26,28). The average molecular weight is 377 g/mol. The number of benzene rings is 2. The summed E-state index contributed by atoms with van der Waals surface area (Å²) in [6, 6.07) is 16.6. The lowest BCUT2D eigenvalue weighted by Gasteiger charge is -2.43. The molecule has 5 nitrogen and oxygen atoms in total. The maximum atomic E-state index is 12.7. The molecule has 0 aliphatic heterocycles. The van der Waals surface area contributed by atoms with Gasteiger partial charge in [-0.3, -0.25) is 9.59 Å². The largest absolute Gasteiger partial charge is 0.327 e. The highest BCUT2D eigenvalue weighted by molar-refractivity contribution is 6.04. The van der Waals surface area contributed by atoms with Gasteiger partial charge in [0.05, 0.1) is 0 Å². The number of fused-ring (bicyclic) bond motifs is 2. The molecule has 0 heterocycles. The minimum absolute atomic E-state index is 0.0381. The Morgan fingerprint density at radius 1 is 0.821 bits per heavy atom. The summed E-state index contributed by atoms with van der Waals surface area (Å²) >= 11 is 0. The first-order chi connectivity index (χ1) is 13.6. The van der Waals surface area contributed by atoms with Crippen LogP contribution in [-0.4, -0.2) is 17.9 Å². The predicted molar refractivity (Wildman–Crippen MR) is 111 cm³/mol. The molecular formula is C23H27N3O2. The molecule has 2 saturated carbocycles. The van der Waals surface area contributed by atoms with Crippen LogP contribution >= 0.6 is 0 Å². The van der Waals surface area contributed by atoms with E-state index < -0.39 is 0 Å². The van der Waals surface area contributed by atoms with Gasteiger partial charge in [0, 0.05) is 28.9 Å². The normalized spacial score (nSPS) is 26.3. The van der Waals surface area contributed by atoms with Gasteiger partial charge in [-0.25, -0.2) is 0 Å². The molecule has 4 rings (SSSR count). The second-order valence-electron chi connectivity index (χ2n) is 8.08. The summed E-state index contributed by atoms with van der Waals surface area (Å²) in [7, 11) is 0. The SMILES string of the molecule is NC1C2CCCC1CC(C(=O)Nc1ccc(C(=O)Nc3ccccc3)cc1)C2. The van der Waals surface area contributed by atoms with E-state index in [1.807, 2.05) is 30.3 Å². The van der Waals surface area contributed by atoms with E-state index in [0.29, 0.717) is 17.4 Å². The van der Waals surface area contributed by atoms with Gasteiger partial charge in [0.25, 0.3) is 5.91 Å². The van der Waals surface area contributed by atoms with E-state index in [1.54, 1.807) is 24.3 Å². The van der Waals surface area contributed by atoms with Crippen molar-refractivity contribution >= 4 is 23.2 Å². The molecule has 2 atom stereocenters. The molecule has 0 aromatic heterocycles. The van der Waals surface area contributed by atoms with Crippen LogP contribution in [0.15, 0.2) is 54.6 Å². The summed E-state index contributed by atoms with van der Waals surface area (Å²) < 4.78 is 0. The van der Waals surface area contributed by atoms with E-state index >= 15 is 0 Å². The van der Waals surface area contributed by atoms with Crippen molar-refractivity contribution in [3.63, 3.8) is 0 Å². The number of nitrogens with two attached hydrogens (primary N) is 1. The zero-order chi connectivity index (χ0) is 19.5. The van der Waals surface area contributed by atoms with Crippen LogP contribution in [0.25, 0.3) is 0 Å². The van der Waals surface area contributed by atoms with E-state index in [2.05, 4.69) is 10.6 Å². The van der Waals surface area contributed by atoms with Crippen molar-refractivity contribution in [3.8, 4) is 0 Å². The van der Waals surface area contributed by atoms with Crippen LogP contribution in [0.1, 0.15) is 42.5 Å². The molecule has 146 valence electrons. The molecule has 5 heteroatoms. The van der Waals surface area contributed by atoms with Crippen LogP contribution in [0, 0.1) is 17.8 Å². The number of rotatable bonds is 4. The molecule has 2 aliphatic rings. The van der Waals surface area contributed by atoms with Gasteiger partial charge in [-0.1, -0.05) is 24.6 Å². The summed E-state index contributed by atoms with van der Waals surface area (Å²) in [5, 5.41) is 5.88. The lowest BCUT2D eigenvalue weighted by atomic mass is 9.65. The van der Waals surface area contributed by atoms with Gasteiger partial charge in [0.15, 0.2) is 0 Å². The van der Waals surface area contributed by atoms with Crippen molar-refractivity contribution in [2.75, 3.05) is 10.6 Å². The Kier molecular flexibility index (Phi) is 5.44. The van der Waals surface area contributed by atoms with E-state index in [1.165, 1.54) is 6.42 Å². The Balaban J connectivity index is 1.35. The average Bonchev–Trinajstić information content (AvgIpc) is 2.69. The van der Waals surface area contributed by atoms with E-state index in [4.69, 9.17) is 5.73 Å². The first-order valence-corrected chi connectivity index (χ1v) is 10.1. The zero-order valence-electron chi connectivity index (χ0n) is 15.9. The third-order valence-corrected chi connectivity index (χ3v) is 6.23. The van der Waals surface area contributed by atoms with Crippen LogP contribution in [0.5, 0.6) is 0 Å². The van der Waals surface area contributed by atoms with Gasteiger partial charge in [0.2, 0.25) is 5.91 Å². The molecule has 2 fully saturated rings. The molecule has 2 bridgehead atoms. The zero-order valence-corrected chi connectivity index (χ0v) is 15.9. The maximum Gasteiger partial charge on any atom is 0.255 e. The first kappa shape index (κ1) is 18.7. The summed E-state index contributed by atoms with van der Waals surface area (Å²) in [5.74, 6) is 0.902. The first-order valence-electron chi connectivity index (χ1n) is 10.1. The summed E-state index contributed by atoms with van der Waals surface area (Å²) in [6.07, 6.45) is 5.31. The molecule has 2 aliphatic carbocycles. The molecular weight excluding hydrogens is 350 g/mol. The second-order valence-corrected chi connectivity index (χ2v) is 8.08. The Morgan fingerprint density at radius 2 is 1.43 bits per heavy atom. The van der Waals surface area contributed by atoms with Crippen molar-refractivity contribution in [2.45, 2.75) is 38.1 Å². The molecule has 0 spiro atoms. The van der Waals surface area contributed by atoms with Crippen molar-refractivity contribution in [2.24, 2.45) is 23.5 Å². The highest BCUT2D eigenvalue weighted by atomic mass is 16.2. The number of carbonyl (C=O) groups is 2. The van der Waals surface area contributed by atoms with Crippen molar-refractivity contribution in [1.29, 1.82) is 0 Å². The molecule has 2 aromatic carbocycles. The van der Waals surface area contributed by atoms with E-state index in [9.17, 15) is 9.59 Å². The van der Waals surface area contributed by atoms with E-state index in [-0.39, 0.29) is 23.8 Å². The Morgan fingerprint density at radius 3 is 2.07 bits per heavy atom. The molecule has 2 unspecified atom stereocenters. The van der Waals surface area contributed by atoms with Crippen LogP contribution in [-0.2, 0) is 4.79 Å². The van der Waals surface area contributed by atoms with Crippen LogP contribution in [0.4, 0.5) is 11.4 Å². The summed E-state index contributed by atoms with van der Waals surface area (Å²) in [6.45, 7) is 0. The highest BCUT2D eigenvalue weighted by Gasteiger charge is 2.40. The number of para-hydroxylation sites is 1. The van der Waals surface area contributed by atoms with Gasteiger partial charge < -0.3 is 16.4 Å². The van der Waals surface area contributed by atoms with Gasteiger partial charge in [-0.2, -0.15) is 0 Å². The Hall–Kier alpha value is -2.66. The highest BCUT2D eigenvalue weighted by Crippen LogP contribution is 2.42. The minimum Gasteiger partial charge on any atom is -0.327 e. The summed E-state index contributed by atoms with van der Waals surface area (Å²) in [5.41, 5.74) is 8.36. The monoisotopic (exact) mass is 377 g/mol. The molecule has 28 heavy (non-hydrogen) atoms. The Labute approximate surface area is 165 Å². The number of anilines is 2.